The average molecular weight is 234 g/mol. The Labute approximate surface area is 99.7 Å². The number of hydrogen-bond acceptors (Lipinski definition) is 2. The van der Waals surface area contributed by atoms with Crippen LogP contribution in [0.2, 0.25) is 0 Å². The summed E-state index contributed by atoms with van der Waals surface area (Å²) in [6.07, 6.45) is 1.54. The van der Waals surface area contributed by atoms with Crippen LogP contribution in [0.3, 0.4) is 0 Å². The molecule has 0 aliphatic rings. The average Bonchev–Trinajstić information content (AvgIpc) is 2.29. The third kappa shape index (κ3) is 2.06. The van der Waals surface area contributed by atoms with E-state index in [0.717, 1.165) is 28.8 Å². The monoisotopic (exact) mass is 234 g/mol. The first kappa shape index (κ1) is 11.1. The van der Waals surface area contributed by atoms with Crippen molar-refractivity contribution in [2.24, 2.45) is 0 Å². The molecule has 1 radical (unpaired) electrons. The number of halogens is 2. The highest BCUT2D eigenvalue weighted by atomic mass is 27.1. The van der Waals surface area contributed by atoms with Gasteiger partial charge in [0.2, 0.25) is 0 Å². The molecule has 2 nitrogen and oxygen atoms in total. The molecule has 0 spiro atoms. The Balaban J connectivity index is 2.64. The molecule has 1 aromatic heterocycles. The summed E-state index contributed by atoms with van der Waals surface area (Å²) in [5.74, 6) is -1.20. The lowest BCUT2D eigenvalue weighted by molar-refractivity contribution is 0.554. The van der Waals surface area contributed by atoms with Gasteiger partial charge < -0.3 is 3.79 Å². The number of pyridine rings is 1. The van der Waals surface area contributed by atoms with Gasteiger partial charge in [-0.15, -0.1) is 0 Å². The predicted molar refractivity (Wildman–Crippen MR) is 57.4 cm³/mol. The van der Waals surface area contributed by atoms with Crippen LogP contribution in [-0.4, -0.2) is 21.6 Å². The van der Waals surface area contributed by atoms with Crippen LogP contribution < -0.4 is 3.79 Å². The summed E-state index contributed by atoms with van der Waals surface area (Å²) in [7, 11) is 0. The van der Waals surface area contributed by atoms with E-state index in [1.807, 2.05) is 0 Å². The van der Waals surface area contributed by atoms with Crippen molar-refractivity contribution in [1.82, 2.24) is 4.98 Å². The van der Waals surface area contributed by atoms with Gasteiger partial charge in [-0.05, 0) is 12.1 Å². The molecule has 0 saturated heterocycles. The van der Waals surface area contributed by atoms with Gasteiger partial charge in [0.05, 0.1) is 17.0 Å². The zero-order valence-corrected chi connectivity index (χ0v) is 9.70. The molecule has 2 aromatic rings. The third-order valence-electron chi connectivity index (χ3n) is 2.10. The van der Waals surface area contributed by atoms with Crippen LogP contribution in [0.15, 0.2) is 36.5 Å². The fourth-order valence-electron chi connectivity index (χ4n) is 1.42. The zero-order chi connectivity index (χ0) is 11.5. The molecule has 0 aliphatic carbocycles. The van der Waals surface area contributed by atoms with Crippen LogP contribution in [0, 0.1) is 11.6 Å². The molecule has 0 fully saturated rings. The Morgan fingerprint density at radius 3 is 2.62 bits per heavy atom. The standard InChI is InChI=1S/C11H7F2NO.Al.H/c12-7-5-8(13)11(10(15)6-7)9-3-1-2-4-14-9;;/h1-6,15H;;/q;+1;/p-1. The van der Waals surface area contributed by atoms with Crippen molar-refractivity contribution >= 4 is 16.6 Å². The van der Waals surface area contributed by atoms with Crippen molar-refractivity contribution in [1.29, 1.82) is 0 Å². The van der Waals surface area contributed by atoms with Crippen LogP contribution in [-0.2, 0) is 0 Å². The minimum Gasteiger partial charge on any atom is -0.650 e. The predicted octanol–water partition coefficient (Wildman–Crippen LogP) is 2.22. The number of benzene rings is 1. The van der Waals surface area contributed by atoms with Gasteiger partial charge in [0.25, 0.3) is 0 Å². The van der Waals surface area contributed by atoms with Gasteiger partial charge in [-0.1, -0.05) is 6.07 Å². The highest BCUT2D eigenvalue weighted by Gasteiger charge is 2.13. The maximum absolute atomic E-state index is 13.6. The summed E-state index contributed by atoms with van der Waals surface area (Å²) in [6, 6.07) is 7.05. The maximum atomic E-state index is 13.6. The molecule has 1 aromatic carbocycles. The van der Waals surface area contributed by atoms with E-state index >= 15 is 0 Å². The molecule has 0 unspecified atom stereocenters. The summed E-state index contributed by atoms with van der Waals surface area (Å²) in [5.41, 5.74) is 0.596. The molecule has 16 heavy (non-hydrogen) atoms. The first-order chi connectivity index (χ1) is 7.72. The van der Waals surface area contributed by atoms with Gasteiger partial charge in [-0.25, -0.2) is 8.78 Å². The fraction of sp³-hybridized carbons (Fsp3) is 0. The number of rotatable bonds is 2. The summed E-state index contributed by atoms with van der Waals surface area (Å²) >= 11 is 1.16. The highest BCUT2D eigenvalue weighted by molar-refractivity contribution is 6.00. The SMILES string of the molecule is Fc1cc(F)c(-c2ccccn2)c([O][AlH])c1. The Bertz CT molecular complexity index is 505. The van der Waals surface area contributed by atoms with Gasteiger partial charge in [0.1, 0.15) is 11.6 Å². The Kier molecular flexibility index (Phi) is 3.18. The van der Waals surface area contributed by atoms with Crippen molar-refractivity contribution in [2.75, 3.05) is 0 Å². The lowest BCUT2D eigenvalue weighted by Crippen LogP contribution is -1.96. The molecule has 5 heteroatoms. The molecule has 1 heterocycles. The lowest BCUT2D eigenvalue weighted by Gasteiger charge is -2.10. The Hall–Kier alpha value is -1.44. The van der Waals surface area contributed by atoms with Gasteiger partial charge >= 0.3 is 16.6 Å². The van der Waals surface area contributed by atoms with Gasteiger partial charge in [-0.3, -0.25) is 4.98 Å². The second-order valence-electron chi connectivity index (χ2n) is 3.12. The quantitative estimate of drug-likeness (QED) is 0.743. The molecule has 0 bridgehead atoms. The zero-order valence-electron chi connectivity index (χ0n) is 8.28. The molecule has 0 amide bonds. The second-order valence-corrected chi connectivity index (χ2v) is 3.41. The summed E-state index contributed by atoms with van der Waals surface area (Å²) in [4.78, 5) is 4.01. The maximum Gasteiger partial charge on any atom is 0.494 e. The third-order valence-corrected chi connectivity index (χ3v) is 2.41. The molecular weight excluding hydrogens is 227 g/mol. The fourth-order valence-corrected chi connectivity index (χ4v) is 1.65. The Morgan fingerprint density at radius 1 is 1.19 bits per heavy atom. The smallest absolute Gasteiger partial charge is 0.494 e. The summed E-state index contributed by atoms with van der Waals surface area (Å²) in [5, 5.41) is 0. The van der Waals surface area contributed by atoms with Gasteiger partial charge in [0, 0.05) is 18.3 Å². The summed E-state index contributed by atoms with van der Waals surface area (Å²) < 4.78 is 31.6. The van der Waals surface area contributed by atoms with E-state index in [2.05, 4.69) is 4.98 Å². The van der Waals surface area contributed by atoms with E-state index in [0.29, 0.717) is 5.69 Å². The minimum absolute atomic E-state index is 0.148. The normalized spacial score (nSPS) is 10.1. The van der Waals surface area contributed by atoms with E-state index in [-0.39, 0.29) is 11.3 Å². The minimum atomic E-state index is -0.680. The van der Waals surface area contributed by atoms with Crippen molar-refractivity contribution in [3.8, 4) is 17.0 Å². The van der Waals surface area contributed by atoms with Crippen LogP contribution >= 0.6 is 0 Å². The first-order valence-electron chi connectivity index (χ1n) is 4.55. The van der Waals surface area contributed by atoms with Crippen molar-refractivity contribution in [2.45, 2.75) is 0 Å². The van der Waals surface area contributed by atoms with E-state index in [4.69, 9.17) is 3.79 Å². The highest BCUT2D eigenvalue weighted by Crippen LogP contribution is 2.31. The summed E-state index contributed by atoms with van der Waals surface area (Å²) in [6.45, 7) is 0. The van der Waals surface area contributed by atoms with E-state index < -0.39 is 11.6 Å². The molecular formula is C11H7AlF2NO. The van der Waals surface area contributed by atoms with Crippen LogP contribution in [0.1, 0.15) is 0 Å². The van der Waals surface area contributed by atoms with Crippen molar-refractivity contribution < 1.29 is 12.6 Å². The molecule has 0 aliphatic heterocycles. The van der Waals surface area contributed by atoms with Crippen molar-refractivity contribution in [3.63, 3.8) is 0 Å². The molecule has 79 valence electrons. The molecule has 0 N–H and O–H groups in total. The van der Waals surface area contributed by atoms with Crippen molar-refractivity contribution in [3.05, 3.63) is 48.2 Å². The van der Waals surface area contributed by atoms with Gasteiger partial charge in [-0.2, -0.15) is 0 Å². The van der Waals surface area contributed by atoms with Gasteiger partial charge in [0.15, 0.2) is 0 Å². The molecule has 0 saturated carbocycles. The van der Waals surface area contributed by atoms with Crippen LogP contribution in [0.4, 0.5) is 8.78 Å². The number of hydrogen-bond donors (Lipinski definition) is 0. The second kappa shape index (κ2) is 4.60. The molecule has 0 atom stereocenters. The topological polar surface area (TPSA) is 22.1 Å². The molecule has 2 rings (SSSR count). The largest absolute Gasteiger partial charge is 0.650 e. The van der Waals surface area contributed by atoms with Crippen LogP contribution in [0.5, 0.6) is 5.75 Å². The first-order valence-corrected chi connectivity index (χ1v) is 5.12. The van der Waals surface area contributed by atoms with E-state index in [1.165, 1.54) is 0 Å². The van der Waals surface area contributed by atoms with E-state index in [1.54, 1.807) is 24.4 Å². The number of aromatic nitrogens is 1. The lowest BCUT2D eigenvalue weighted by atomic mass is 10.1. The number of nitrogens with zero attached hydrogens (tertiary/aromatic N) is 1. The van der Waals surface area contributed by atoms with E-state index in [9.17, 15) is 8.78 Å². The Morgan fingerprint density at radius 2 is 2.00 bits per heavy atom. The van der Waals surface area contributed by atoms with Crippen LogP contribution in [0.25, 0.3) is 11.3 Å².